The first kappa shape index (κ1) is 15.6. The smallest absolute Gasteiger partial charge is 0.404 e. The molecule has 1 aromatic carbocycles. The van der Waals surface area contributed by atoms with Gasteiger partial charge in [0.2, 0.25) is 11.9 Å². The van der Waals surface area contributed by atoms with Gasteiger partial charge in [0.1, 0.15) is 0 Å². The largest absolute Gasteiger partial charge is 0.573 e. The van der Waals surface area contributed by atoms with Gasteiger partial charge in [0, 0.05) is 6.20 Å². The summed E-state index contributed by atoms with van der Waals surface area (Å²) in [4.78, 5) is 8.04. The molecule has 2 aromatic heterocycles. The molecule has 0 amide bonds. The summed E-state index contributed by atoms with van der Waals surface area (Å²) in [5.74, 6) is 0.0648. The lowest BCUT2D eigenvalue weighted by molar-refractivity contribution is -0.274. The first-order valence-electron chi connectivity index (χ1n) is 6.68. The van der Waals surface area contributed by atoms with E-state index in [4.69, 9.17) is 5.73 Å². The topological polar surface area (TPSA) is 90.9 Å². The number of nitrogens with two attached hydrogens (primary N) is 1. The highest BCUT2D eigenvalue weighted by atomic mass is 19.4. The standard InChI is InChI=1S/C14H11F3N6O/c15-14(16,17)24-10-6-2-1-5-9(10)20-13-21-12(18)23(22-13)11-7-3-4-8-19-11/h1-8H,(H3,18,20,21,22). The third-order valence-corrected chi connectivity index (χ3v) is 2.86. The van der Waals surface area contributed by atoms with Crippen LogP contribution in [0.5, 0.6) is 5.75 Å². The number of nitrogen functional groups attached to an aromatic ring is 1. The molecule has 0 aliphatic heterocycles. The van der Waals surface area contributed by atoms with Gasteiger partial charge < -0.3 is 15.8 Å². The lowest BCUT2D eigenvalue weighted by atomic mass is 10.3. The Kier molecular flexibility index (Phi) is 3.94. The first-order chi connectivity index (χ1) is 11.4. The van der Waals surface area contributed by atoms with Gasteiger partial charge in [-0.3, -0.25) is 0 Å². The second-order valence-corrected chi connectivity index (χ2v) is 4.56. The van der Waals surface area contributed by atoms with Gasteiger partial charge in [-0.25, -0.2) is 4.98 Å². The molecule has 0 atom stereocenters. The number of benzene rings is 1. The molecule has 3 aromatic rings. The Balaban J connectivity index is 1.88. The van der Waals surface area contributed by atoms with Crippen molar-refractivity contribution in [2.75, 3.05) is 11.1 Å². The van der Waals surface area contributed by atoms with E-state index in [0.717, 1.165) is 0 Å². The number of aromatic nitrogens is 4. The number of rotatable bonds is 4. The van der Waals surface area contributed by atoms with Crippen molar-refractivity contribution in [1.82, 2.24) is 19.7 Å². The molecule has 3 N–H and O–H groups in total. The van der Waals surface area contributed by atoms with Crippen molar-refractivity contribution in [3.63, 3.8) is 0 Å². The predicted octanol–water partition coefficient (Wildman–Crippen LogP) is 2.89. The van der Waals surface area contributed by atoms with Crippen LogP contribution in [0.2, 0.25) is 0 Å². The zero-order valence-corrected chi connectivity index (χ0v) is 12.0. The predicted molar refractivity (Wildman–Crippen MR) is 80.0 cm³/mol. The molecule has 0 radical (unpaired) electrons. The quantitative estimate of drug-likeness (QED) is 0.761. The maximum absolute atomic E-state index is 12.4. The highest BCUT2D eigenvalue weighted by Gasteiger charge is 2.32. The summed E-state index contributed by atoms with van der Waals surface area (Å²) in [5.41, 5.74) is 5.81. The molecule has 0 aliphatic carbocycles. The van der Waals surface area contributed by atoms with Gasteiger partial charge in [0.15, 0.2) is 11.6 Å². The molecule has 0 bridgehead atoms. The van der Waals surface area contributed by atoms with E-state index in [9.17, 15) is 13.2 Å². The molecule has 124 valence electrons. The Morgan fingerprint density at radius 2 is 1.83 bits per heavy atom. The van der Waals surface area contributed by atoms with Crippen LogP contribution in [0.3, 0.4) is 0 Å². The second kappa shape index (κ2) is 6.07. The summed E-state index contributed by atoms with van der Waals surface area (Å²) in [6.07, 6.45) is -3.26. The molecule has 0 unspecified atom stereocenters. The molecule has 0 fully saturated rings. The zero-order valence-electron chi connectivity index (χ0n) is 12.0. The number of alkyl halides is 3. The number of hydrogen-bond donors (Lipinski definition) is 2. The van der Waals surface area contributed by atoms with E-state index in [1.54, 1.807) is 30.5 Å². The number of anilines is 3. The number of ether oxygens (including phenoxy) is 1. The van der Waals surface area contributed by atoms with Crippen LogP contribution in [0.1, 0.15) is 0 Å². The lowest BCUT2D eigenvalue weighted by Crippen LogP contribution is -2.17. The molecule has 3 rings (SSSR count). The summed E-state index contributed by atoms with van der Waals surface area (Å²) in [6.45, 7) is 0. The summed E-state index contributed by atoms with van der Waals surface area (Å²) in [7, 11) is 0. The van der Waals surface area contributed by atoms with E-state index in [-0.39, 0.29) is 17.6 Å². The van der Waals surface area contributed by atoms with Crippen LogP contribution in [0.4, 0.5) is 30.8 Å². The summed E-state index contributed by atoms with van der Waals surface area (Å²) >= 11 is 0. The van der Waals surface area contributed by atoms with Crippen molar-refractivity contribution in [1.29, 1.82) is 0 Å². The van der Waals surface area contributed by atoms with Crippen LogP contribution in [0.25, 0.3) is 5.82 Å². The maximum atomic E-state index is 12.4. The maximum Gasteiger partial charge on any atom is 0.573 e. The molecule has 2 heterocycles. The number of para-hydroxylation sites is 2. The van der Waals surface area contributed by atoms with Crippen molar-refractivity contribution < 1.29 is 17.9 Å². The van der Waals surface area contributed by atoms with Gasteiger partial charge >= 0.3 is 6.36 Å². The fourth-order valence-electron chi connectivity index (χ4n) is 1.93. The van der Waals surface area contributed by atoms with Crippen LogP contribution in [0.15, 0.2) is 48.7 Å². The monoisotopic (exact) mass is 336 g/mol. The molecule has 10 heteroatoms. The number of nitrogens with zero attached hydrogens (tertiary/aromatic N) is 4. The normalized spacial score (nSPS) is 11.3. The van der Waals surface area contributed by atoms with E-state index in [1.807, 2.05) is 0 Å². The molecule has 0 aliphatic rings. The molecular formula is C14H11F3N6O. The third-order valence-electron chi connectivity index (χ3n) is 2.86. The minimum atomic E-state index is -4.81. The number of pyridine rings is 1. The minimum absolute atomic E-state index is 0.0105. The van der Waals surface area contributed by atoms with Crippen LogP contribution >= 0.6 is 0 Å². The fraction of sp³-hybridized carbons (Fsp3) is 0.0714. The Hall–Kier alpha value is -3.30. The lowest BCUT2D eigenvalue weighted by Gasteiger charge is -2.12. The van der Waals surface area contributed by atoms with Crippen LogP contribution in [-0.4, -0.2) is 26.1 Å². The summed E-state index contributed by atoms with van der Waals surface area (Å²) < 4.78 is 42.5. The van der Waals surface area contributed by atoms with Crippen molar-refractivity contribution in [2.45, 2.75) is 6.36 Å². The Morgan fingerprint density at radius 3 is 2.54 bits per heavy atom. The number of nitrogens with one attached hydrogen (secondary N) is 1. The average Bonchev–Trinajstić information content (AvgIpc) is 2.89. The van der Waals surface area contributed by atoms with Crippen molar-refractivity contribution in [3.05, 3.63) is 48.7 Å². The molecule has 7 nitrogen and oxygen atoms in total. The van der Waals surface area contributed by atoms with E-state index < -0.39 is 12.1 Å². The Morgan fingerprint density at radius 1 is 1.08 bits per heavy atom. The van der Waals surface area contributed by atoms with Crippen LogP contribution in [0, 0.1) is 0 Å². The molecule has 24 heavy (non-hydrogen) atoms. The molecule has 0 spiro atoms. The van der Waals surface area contributed by atoms with Gasteiger partial charge in [-0.2, -0.15) is 9.67 Å². The van der Waals surface area contributed by atoms with E-state index >= 15 is 0 Å². The summed E-state index contributed by atoms with van der Waals surface area (Å²) in [5, 5.41) is 6.73. The fourth-order valence-corrected chi connectivity index (χ4v) is 1.93. The SMILES string of the molecule is Nc1nc(Nc2ccccc2OC(F)(F)F)nn1-c1ccccn1. The Bertz CT molecular complexity index is 834. The highest BCUT2D eigenvalue weighted by Crippen LogP contribution is 2.31. The minimum Gasteiger partial charge on any atom is -0.404 e. The van der Waals surface area contributed by atoms with Crippen molar-refractivity contribution >= 4 is 17.6 Å². The third kappa shape index (κ3) is 3.54. The highest BCUT2D eigenvalue weighted by molar-refractivity contribution is 5.63. The second-order valence-electron chi connectivity index (χ2n) is 4.56. The molecule has 0 saturated carbocycles. The average molecular weight is 336 g/mol. The van der Waals surface area contributed by atoms with Gasteiger partial charge in [-0.05, 0) is 24.3 Å². The van der Waals surface area contributed by atoms with E-state index in [0.29, 0.717) is 5.82 Å². The van der Waals surface area contributed by atoms with E-state index in [2.05, 4.69) is 25.1 Å². The van der Waals surface area contributed by atoms with Crippen molar-refractivity contribution in [3.8, 4) is 11.6 Å². The molecular weight excluding hydrogens is 325 g/mol. The van der Waals surface area contributed by atoms with Crippen molar-refractivity contribution in [2.24, 2.45) is 0 Å². The van der Waals surface area contributed by atoms with Gasteiger partial charge in [0.05, 0.1) is 5.69 Å². The Labute approximate surface area is 133 Å². The van der Waals surface area contributed by atoms with Gasteiger partial charge in [-0.1, -0.05) is 18.2 Å². The number of halogens is 3. The van der Waals surface area contributed by atoms with E-state index in [1.165, 1.54) is 22.9 Å². The summed E-state index contributed by atoms with van der Waals surface area (Å²) in [6, 6.07) is 10.7. The first-order valence-corrected chi connectivity index (χ1v) is 6.68. The van der Waals surface area contributed by atoms with Crippen LogP contribution < -0.4 is 15.8 Å². The molecule has 0 saturated heterocycles. The van der Waals surface area contributed by atoms with Gasteiger partial charge in [-0.15, -0.1) is 18.3 Å². The number of hydrogen-bond acceptors (Lipinski definition) is 6. The van der Waals surface area contributed by atoms with Crippen LogP contribution in [-0.2, 0) is 0 Å². The van der Waals surface area contributed by atoms with Gasteiger partial charge in [0.25, 0.3) is 0 Å². The zero-order chi connectivity index (χ0) is 17.2.